The van der Waals surface area contributed by atoms with Crippen molar-refractivity contribution in [2.45, 2.75) is 25.9 Å². The molecule has 88 valence electrons. The topological polar surface area (TPSA) is 46.0 Å². The van der Waals surface area contributed by atoms with Crippen LogP contribution in [0.5, 0.6) is 0 Å². The lowest BCUT2D eigenvalue weighted by molar-refractivity contribution is 0.219. The number of rotatable bonds is 4. The fourth-order valence-electron chi connectivity index (χ4n) is 1.80. The molecule has 2 aromatic rings. The van der Waals surface area contributed by atoms with Crippen LogP contribution in [0.3, 0.4) is 0 Å². The van der Waals surface area contributed by atoms with Crippen molar-refractivity contribution in [3.8, 4) is 0 Å². The lowest BCUT2D eigenvalue weighted by Crippen LogP contribution is -2.00. The van der Waals surface area contributed by atoms with E-state index in [4.69, 9.17) is 0 Å². The monoisotopic (exact) mass is 228 g/mol. The van der Waals surface area contributed by atoms with Gasteiger partial charge in [0.1, 0.15) is 12.4 Å². The highest BCUT2D eigenvalue weighted by atomic mass is 16.3. The SMILES string of the molecule is CCCc1ccc(C(O)c2cncnc2)cc1. The second kappa shape index (κ2) is 5.55. The molecule has 1 unspecified atom stereocenters. The predicted molar refractivity (Wildman–Crippen MR) is 66.5 cm³/mol. The number of hydrogen-bond acceptors (Lipinski definition) is 3. The van der Waals surface area contributed by atoms with E-state index in [1.807, 2.05) is 12.1 Å². The summed E-state index contributed by atoms with van der Waals surface area (Å²) in [6.07, 6.45) is 6.29. The van der Waals surface area contributed by atoms with Crippen LogP contribution >= 0.6 is 0 Å². The average Bonchev–Trinajstić information content (AvgIpc) is 2.40. The zero-order valence-corrected chi connectivity index (χ0v) is 9.87. The van der Waals surface area contributed by atoms with Crippen LogP contribution in [0.4, 0.5) is 0 Å². The van der Waals surface area contributed by atoms with Gasteiger partial charge in [-0.25, -0.2) is 9.97 Å². The third-order valence-corrected chi connectivity index (χ3v) is 2.73. The largest absolute Gasteiger partial charge is 0.384 e. The maximum absolute atomic E-state index is 10.1. The molecule has 1 heterocycles. The Morgan fingerprint density at radius 1 is 1.06 bits per heavy atom. The first-order chi connectivity index (χ1) is 8.31. The molecule has 1 atom stereocenters. The van der Waals surface area contributed by atoms with Gasteiger partial charge in [0.2, 0.25) is 0 Å². The smallest absolute Gasteiger partial charge is 0.115 e. The van der Waals surface area contributed by atoms with Crippen molar-refractivity contribution in [1.29, 1.82) is 0 Å². The molecule has 17 heavy (non-hydrogen) atoms. The van der Waals surface area contributed by atoms with Crippen molar-refractivity contribution in [2.24, 2.45) is 0 Å². The lowest BCUT2D eigenvalue weighted by atomic mass is 10.0. The molecule has 0 bridgehead atoms. The highest BCUT2D eigenvalue weighted by Gasteiger charge is 2.10. The molecule has 1 N–H and O–H groups in total. The summed E-state index contributed by atoms with van der Waals surface area (Å²) in [6.45, 7) is 2.16. The minimum Gasteiger partial charge on any atom is -0.384 e. The van der Waals surface area contributed by atoms with E-state index in [0.717, 1.165) is 24.0 Å². The van der Waals surface area contributed by atoms with Crippen LogP contribution in [0.1, 0.15) is 36.1 Å². The molecule has 3 nitrogen and oxygen atoms in total. The highest BCUT2D eigenvalue weighted by Crippen LogP contribution is 2.20. The summed E-state index contributed by atoms with van der Waals surface area (Å²) >= 11 is 0. The number of nitrogens with zero attached hydrogens (tertiary/aromatic N) is 2. The standard InChI is InChI=1S/C14H16N2O/c1-2-3-11-4-6-12(7-5-11)14(17)13-8-15-10-16-9-13/h4-10,14,17H,2-3H2,1H3. The van der Waals surface area contributed by atoms with E-state index in [-0.39, 0.29) is 0 Å². The summed E-state index contributed by atoms with van der Waals surface area (Å²) < 4.78 is 0. The Bertz CT molecular complexity index is 453. The normalized spacial score (nSPS) is 12.4. The fourth-order valence-corrected chi connectivity index (χ4v) is 1.80. The Balaban J connectivity index is 2.17. The van der Waals surface area contributed by atoms with Gasteiger partial charge in [-0.2, -0.15) is 0 Å². The van der Waals surface area contributed by atoms with Gasteiger partial charge in [0.05, 0.1) is 0 Å². The van der Waals surface area contributed by atoms with Crippen LogP contribution in [0.2, 0.25) is 0 Å². The van der Waals surface area contributed by atoms with E-state index in [1.54, 1.807) is 12.4 Å². The van der Waals surface area contributed by atoms with Crippen molar-refractivity contribution in [3.63, 3.8) is 0 Å². The minimum absolute atomic E-state index is 0.646. The van der Waals surface area contributed by atoms with Gasteiger partial charge >= 0.3 is 0 Å². The zero-order chi connectivity index (χ0) is 12.1. The summed E-state index contributed by atoms with van der Waals surface area (Å²) in [4.78, 5) is 7.81. The number of hydrogen-bond donors (Lipinski definition) is 1. The molecule has 0 fully saturated rings. The van der Waals surface area contributed by atoms with E-state index in [0.29, 0.717) is 0 Å². The molecule has 3 heteroatoms. The van der Waals surface area contributed by atoms with Crippen LogP contribution in [-0.2, 0) is 6.42 Å². The van der Waals surface area contributed by atoms with Gasteiger partial charge in [-0.3, -0.25) is 0 Å². The van der Waals surface area contributed by atoms with Crippen molar-refractivity contribution in [3.05, 3.63) is 59.7 Å². The molecule has 1 aromatic carbocycles. The van der Waals surface area contributed by atoms with Crippen LogP contribution in [0.25, 0.3) is 0 Å². The van der Waals surface area contributed by atoms with Gasteiger partial charge in [-0.1, -0.05) is 37.6 Å². The van der Waals surface area contributed by atoms with Crippen molar-refractivity contribution >= 4 is 0 Å². The number of aromatic nitrogens is 2. The van der Waals surface area contributed by atoms with Crippen LogP contribution in [-0.4, -0.2) is 15.1 Å². The zero-order valence-electron chi connectivity index (χ0n) is 9.87. The van der Waals surface area contributed by atoms with Crippen molar-refractivity contribution in [1.82, 2.24) is 9.97 Å². The maximum atomic E-state index is 10.1. The molecular formula is C14H16N2O. The molecule has 1 aromatic heterocycles. The van der Waals surface area contributed by atoms with Gasteiger partial charge in [0, 0.05) is 18.0 Å². The third kappa shape index (κ3) is 2.88. The quantitative estimate of drug-likeness (QED) is 0.874. The Kier molecular flexibility index (Phi) is 3.83. The summed E-state index contributed by atoms with van der Waals surface area (Å²) in [5, 5.41) is 10.1. The Labute approximate surface area is 101 Å². The highest BCUT2D eigenvalue weighted by molar-refractivity contribution is 5.29. The minimum atomic E-state index is -0.646. The summed E-state index contributed by atoms with van der Waals surface area (Å²) in [6, 6.07) is 8.04. The van der Waals surface area contributed by atoms with E-state index >= 15 is 0 Å². The summed E-state index contributed by atoms with van der Waals surface area (Å²) in [7, 11) is 0. The van der Waals surface area contributed by atoms with Crippen LogP contribution < -0.4 is 0 Å². The second-order valence-electron chi connectivity index (χ2n) is 4.07. The van der Waals surface area contributed by atoms with Gasteiger partial charge in [-0.15, -0.1) is 0 Å². The van der Waals surface area contributed by atoms with Crippen molar-refractivity contribution in [2.75, 3.05) is 0 Å². The Hall–Kier alpha value is -1.74. The molecule has 0 saturated carbocycles. The summed E-state index contributed by atoms with van der Waals surface area (Å²) in [5.41, 5.74) is 2.89. The first-order valence-electron chi connectivity index (χ1n) is 5.83. The average molecular weight is 228 g/mol. The van der Waals surface area contributed by atoms with Gasteiger partial charge in [0.15, 0.2) is 0 Å². The molecule has 0 aliphatic rings. The van der Waals surface area contributed by atoms with Gasteiger partial charge in [-0.05, 0) is 17.5 Å². The third-order valence-electron chi connectivity index (χ3n) is 2.73. The van der Waals surface area contributed by atoms with E-state index < -0.39 is 6.10 Å². The van der Waals surface area contributed by atoms with Gasteiger partial charge < -0.3 is 5.11 Å². The van der Waals surface area contributed by atoms with Crippen molar-refractivity contribution < 1.29 is 5.11 Å². The number of aryl methyl sites for hydroxylation is 1. The summed E-state index contributed by atoms with van der Waals surface area (Å²) in [5.74, 6) is 0. The lowest BCUT2D eigenvalue weighted by Gasteiger charge is -2.10. The molecule has 2 rings (SSSR count). The first kappa shape index (κ1) is 11.7. The Morgan fingerprint density at radius 3 is 2.29 bits per heavy atom. The van der Waals surface area contributed by atoms with Crippen LogP contribution in [0.15, 0.2) is 43.0 Å². The van der Waals surface area contributed by atoms with Crippen LogP contribution in [0, 0.1) is 0 Å². The Morgan fingerprint density at radius 2 is 1.71 bits per heavy atom. The number of benzene rings is 1. The number of aliphatic hydroxyl groups excluding tert-OH is 1. The molecule has 0 radical (unpaired) electrons. The molecule has 0 aliphatic carbocycles. The molecule has 0 spiro atoms. The van der Waals surface area contributed by atoms with E-state index in [2.05, 4.69) is 29.0 Å². The van der Waals surface area contributed by atoms with Gasteiger partial charge in [0.25, 0.3) is 0 Å². The molecule has 0 saturated heterocycles. The fraction of sp³-hybridized carbons (Fsp3) is 0.286. The van der Waals surface area contributed by atoms with E-state index in [9.17, 15) is 5.11 Å². The van der Waals surface area contributed by atoms with E-state index in [1.165, 1.54) is 11.9 Å². The predicted octanol–water partition coefficient (Wildman–Crippen LogP) is 2.51. The molecule has 0 amide bonds. The first-order valence-corrected chi connectivity index (χ1v) is 5.83. The maximum Gasteiger partial charge on any atom is 0.115 e. The molecular weight excluding hydrogens is 212 g/mol. The number of aliphatic hydroxyl groups is 1. The molecule has 0 aliphatic heterocycles. The second-order valence-corrected chi connectivity index (χ2v) is 4.07.